The van der Waals surface area contributed by atoms with E-state index in [1.54, 1.807) is 12.3 Å². The summed E-state index contributed by atoms with van der Waals surface area (Å²) >= 11 is 0. The topological polar surface area (TPSA) is 36.7 Å². The van der Waals surface area contributed by atoms with Crippen molar-refractivity contribution in [1.82, 2.24) is 4.98 Å². The maximum absolute atomic E-state index is 8.76. The normalized spacial score (nSPS) is 9.83. The monoisotopic (exact) mass is 234 g/mol. The van der Waals surface area contributed by atoms with Crippen molar-refractivity contribution in [2.45, 2.75) is 13.8 Å². The van der Waals surface area contributed by atoms with Gasteiger partial charge in [0.2, 0.25) is 0 Å². The molecule has 0 amide bonds. The molecule has 1 aromatic carbocycles. The molecule has 0 saturated heterocycles. The van der Waals surface area contributed by atoms with Crippen LogP contribution in [-0.4, -0.2) is 4.98 Å². The molecule has 0 aliphatic carbocycles. The van der Waals surface area contributed by atoms with Gasteiger partial charge in [0.25, 0.3) is 0 Å². The van der Waals surface area contributed by atoms with Crippen molar-refractivity contribution in [1.29, 1.82) is 5.26 Å². The SMILES string of the molecule is C=C(C)c1c(C)cccc1-c1ccc(C#N)nc1. The summed E-state index contributed by atoms with van der Waals surface area (Å²) in [5.74, 6) is 0. The van der Waals surface area contributed by atoms with Gasteiger partial charge in [-0.2, -0.15) is 5.26 Å². The van der Waals surface area contributed by atoms with Crippen LogP contribution in [0.5, 0.6) is 0 Å². The minimum atomic E-state index is 0.434. The van der Waals surface area contributed by atoms with E-state index in [0.29, 0.717) is 5.69 Å². The van der Waals surface area contributed by atoms with Crippen molar-refractivity contribution in [3.8, 4) is 17.2 Å². The lowest BCUT2D eigenvalue weighted by Crippen LogP contribution is -1.92. The minimum absolute atomic E-state index is 0.434. The number of benzene rings is 1. The number of allylic oxidation sites excluding steroid dienone is 1. The standard InChI is InChI=1S/C16H14N2/c1-11(2)16-12(3)5-4-6-15(16)13-7-8-14(9-17)18-10-13/h4-8,10H,1H2,2-3H3. The molecule has 88 valence electrons. The lowest BCUT2D eigenvalue weighted by atomic mass is 9.93. The van der Waals surface area contributed by atoms with Crippen LogP contribution in [0.3, 0.4) is 0 Å². The second kappa shape index (κ2) is 4.85. The van der Waals surface area contributed by atoms with Gasteiger partial charge in [0.05, 0.1) is 0 Å². The van der Waals surface area contributed by atoms with Gasteiger partial charge in [-0.3, -0.25) is 0 Å². The van der Waals surface area contributed by atoms with Gasteiger partial charge in [0.15, 0.2) is 0 Å². The first-order valence-electron chi connectivity index (χ1n) is 5.75. The summed E-state index contributed by atoms with van der Waals surface area (Å²) in [5.41, 5.74) is 5.94. The highest BCUT2D eigenvalue weighted by Crippen LogP contribution is 2.30. The summed E-state index contributed by atoms with van der Waals surface area (Å²) in [6.07, 6.45) is 1.74. The Bertz CT molecular complexity index is 631. The number of hydrogen-bond donors (Lipinski definition) is 0. The fraction of sp³-hybridized carbons (Fsp3) is 0.125. The molecule has 0 unspecified atom stereocenters. The molecule has 18 heavy (non-hydrogen) atoms. The Morgan fingerprint density at radius 1 is 1.28 bits per heavy atom. The summed E-state index contributed by atoms with van der Waals surface area (Å²) < 4.78 is 0. The zero-order valence-electron chi connectivity index (χ0n) is 10.6. The summed E-state index contributed by atoms with van der Waals surface area (Å²) in [6, 6.07) is 11.8. The van der Waals surface area contributed by atoms with Crippen molar-refractivity contribution in [3.63, 3.8) is 0 Å². The molecule has 0 fully saturated rings. The minimum Gasteiger partial charge on any atom is -0.245 e. The zero-order chi connectivity index (χ0) is 13.1. The number of nitrogens with zero attached hydrogens (tertiary/aromatic N) is 2. The fourth-order valence-corrected chi connectivity index (χ4v) is 2.09. The second-order valence-corrected chi connectivity index (χ2v) is 4.32. The average molecular weight is 234 g/mol. The molecule has 0 aliphatic heterocycles. The summed E-state index contributed by atoms with van der Waals surface area (Å²) in [4.78, 5) is 4.11. The lowest BCUT2D eigenvalue weighted by Gasteiger charge is -2.12. The Labute approximate surface area is 107 Å². The smallest absolute Gasteiger partial charge is 0.140 e. The molecule has 0 aliphatic rings. The van der Waals surface area contributed by atoms with Crippen LogP contribution in [0.25, 0.3) is 16.7 Å². The van der Waals surface area contributed by atoms with E-state index >= 15 is 0 Å². The molecule has 0 N–H and O–H groups in total. The number of pyridine rings is 1. The predicted molar refractivity (Wildman–Crippen MR) is 73.8 cm³/mol. The molecule has 2 aromatic rings. The molecule has 0 saturated carbocycles. The molecule has 2 heteroatoms. The molecule has 0 bridgehead atoms. The van der Waals surface area contributed by atoms with E-state index in [-0.39, 0.29) is 0 Å². The van der Waals surface area contributed by atoms with Gasteiger partial charge in [0, 0.05) is 11.8 Å². The van der Waals surface area contributed by atoms with E-state index in [0.717, 1.165) is 22.3 Å². The van der Waals surface area contributed by atoms with Crippen molar-refractivity contribution >= 4 is 5.57 Å². The van der Waals surface area contributed by atoms with Gasteiger partial charge >= 0.3 is 0 Å². The average Bonchev–Trinajstić information content (AvgIpc) is 2.38. The highest BCUT2D eigenvalue weighted by molar-refractivity contribution is 5.81. The highest BCUT2D eigenvalue weighted by Gasteiger charge is 2.08. The third kappa shape index (κ3) is 2.16. The summed E-state index contributed by atoms with van der Waals surface area (Å²) in [6.45, 7) is 8.11. The van der Waals surface area contributed by atoms with Gasteiger partial charge in [-0.25, -0.2) is 4.98 Å². The molecule has 2 nitrogen and oxygen atoms in total. The van der Waals surface area contributed by atoms with Crippen LogP contribution in [0.15, 0.2) is 43.1 Å². The molecular weight excluding hydrogens is 220 g/mol. The van der Waals surface area contributed by atoms with Crippen molar-refractivity contribution in [3.05, 3.63) is 59.9 Å². The van der Waals surface area contributed by atoms with Gasteiger partial charge in [-0.05, 0) is 42.7 Å². The first kappa shape index (κ1) is 12.1. The summed E-state index contributed by atoms with van der Waals surface area (Å²) in [5, 5.41) is 8.76. The maximum Gasteiger partial charge on any atom is 0.140 e. The number of hydrogen-bond acceptors (Lipinski definition) is 2. The van der Waals surface area contributed by atoms with Crippen LogP contribution in [-0.2, 0) is 0 Å². The predicted octanol–water partition coefficient (Wildman–Crippen LogP) is 3.96. The van der Waals surface area contributed by atoms with E-state index in [2.05, 4.69) is 30.6 Å². The van der Waals surface area contributed by atoms with Crippen LogP contribution in [0, 0.1) is 18.3 Å². The van der Waals surface area contributed by atoms with Crippen LogP contribution in [0.1, 0.15) is 23.7 Å². The van der Waals surface area contributed by atoms with Crippen LogP contribution < -0.4 is 0 Å². The van der Waals surface area contributed by atoms with Crippen LogP contribution >= 0.6 is 0 Å². The zero-order valence-corrected chi connectivity index (χ0v) is 10.6. The highest BCUT2D eigenvalue weighted by atomic mass is 14.7. The van der Waals surface area contributed by atoms with E-state index in [9.17, 15) is 0 Å². The Hall–Kier alpha value is -2.40. The molecule has 1 aromatic heterocycles. The molecular formula is C16H14N2. The van der Waals surface area contributed by atoms with Gasteiger partial charge < -0.3 is 0 Å². The Kier molecular flexibility index (Phi) is 3.25. The van der Waals surface area contributed by atoms with Gasteiger partial charge in [-0.1, -0.05) is 30.4 Å². The molecule has 1 heterocycles. The number of rotatable bonds is 2. The van der Waals surface area contributed by atoms with E-state index in [1.165, 1.54) is 5.56 Å². The van der Waals surface area contributed by atoms with Gasteiger partial charge in [-0.15, -0.1) is 0 Å². The van der Waals surface area contributed by atoms with Crippen LogP contribution in [0.2, 0.25) is 0 Å². The Morgan fingerprint density at radius 2 is 2.06 bits per heavy atom. The first-order valence-corrected chi connectivity index (χ1v) is 5.75. The second-order valence-electron chi connectivity index (χ2n) is 4.32. The first-order chi connectivity index (χ1) is 8.63. The Balaban J connectivity index is 2.60. The molecule has 0 atom stereocenters. The number of aryl methyl sites for hydroxylation is 1. The number of nitriles is 1. The van der Waals surface area contributed by atoms with Crippen LogP contribution in [0.4, 0.5) is 0 Å². The molecule has 0 radical (unpaired) electrons. The largest absolute Gasteiger partial charge is 0.245 e. The number of aromatic nitrogens is 1. The molecule has 2 rings (SSSR count). The Morgan fingerprint density at radius 3 is 2.61 bits per heavy atom. The fourth-order valence-electron chi connectivity index (χ4n) is 2.09. The van der Waals surface area contributed by atoms with Crippen molar-refractivity contribution < 1.29 is 0 Å². The van der Waals surface area contributed by atoms with Gasteiger partial charge in [0.1, 0.15) is 11.8 Å². The quantitative estimate of drug-likeness (QED) is 0.788. The van der Waals surface area contributed by atoms with Crippen molar-refractivity contribution in [2.24, 2.45) is 0 Å². The van der Waals surface area contributed by atoms with E-state index < -0.39 is 0 Å². The maximum atomic E-state index is 8.76. The van der Waals surface area contributed by atoms with E-state index in [4.69, 9.17) is 5.26 Å². The third-order valence-electron chi connectivity index (χ3n) is 2.89. The van der Waals surface area contributed by atoms with E-state index in [1.807, 2.05) is 25.1 Å². The summed E-state index contributed by atoms with van der Waals surface area (Å²) in [7, 11) is 0. The molecule has 0 spiro atoms. The third-order valence-corrected chi connectivity index (χ3v) is 2.89. The lowest BCUT2D eigenvalue weighted by molar-refractivity contribution is 1.26. The van der Waals surface area contributed by atoms with Crippen molar-refractivity contribution in [2.75, 3.05) is 0 Å².